The van der Waals surface area contributed by atoms with E-state index >= 15 is 0 Å². The first-order chi connectivity index (χ1) is 8.88. The predicted octanol–water partition coefficient (Wildman–Crippen LogP) is 3.66. The van der Waals surface area contributed by atoms with Crippen LogP contribution in [0.2, 0.25) is 5.02 Å². The molecule has 0 saturated heterocycles. The van der Waals surface area contributed by atoms with Crippen molar-refractivity contribution in [2.45, 2.75) is 19.6 Å². The fourth-order valence-corrected chi connectivity index (χ4v) is 1.67. The summed E-state index contributed by atoms with van der Waals surface area (Å²) in [5.74, 6) is 0. The normalized spacial score (nSPS) is 11.6. The van der Waals surface area contributed by atoms with Crippen molar-refractivity contribution in [1.82, 2.24) is 10.3 Å². The number of hydrogen-bond acceptors (Lipinski definition) is 4. The number of benzene rings is 1. The van der Waals surface area contributed by atoms with Gasteiger partial charge >= 0.3 is 6.18 Å². The molecule has 0 bridgehead atoms. The summed E-state index contributed by atoms with van der Waals surface area (Å²) in [4.78, 5) is 0. The van der Waals surface area contributed by atoms with Crippen LogP contribution in [0.5, 0.6) is 0 Å². The fraction of sp³-hybridized carbons (Fsp3) is 0.273. The molecule has 8 heteroatoms. The van der Waals surface area contributed by atoms with Gasteiger partial charge in [-0.05, 0) is 25.1 Å². The minimum Gasteiger partial charge on any atom is -0.378 e. The third-order valence-corrected chi connectivity index (χ3v) is 2.80. The van der Waals surface area contributed by atoms with E-state index in [1.54, 1.807) is 6.92 Å². The molecule has 0 amide bonds. The zero-order valence-corrected chi connectivity index (χ0v) is 10.5. The number of aromatic nitrogens is 2. The molecule has 0 fully saturated rings. The predicted molar refractivity (Wildman–Crippen MR) is 62.8 cm³/mol. The van der Waals surface area contributed by atoms with E-state index in [-0.39, 0.29) is 11.6 Å². The van der Waals surface area contributed by atoms with Gasteiger partial charge in [-0.3, -0.25) is 0 Å². The topological polar surface area (TPSA) is 51.0 Å². The van der Waals surface area contributed by atoms with Gasteiger partial charge in [0.15, 0.2) is 0 Å². The summed E-state index contributed by atoms with van der Waals surface area (Å²) in [5, 5.41) is 10.1. The summed E-state index contributed by atoms with van der Waals surface area (Å²) < 4.78 is 41.9. The first-order valence-corrected chi connectivity index (χ1v) is 5.64. The molecule has 1 aromatic carbocycles. The third kappa shape index (κ3) is 3.17. The molecule has 1 N–H and O–H groups in total. The monoisotopic (exact) mass is 291 g/mol. The Labute approximate surface area is 111 Å². The largest absolute Gasteiger partial charge is 0.416 e. The third-order valence-electron chi connectivity index (χ3n) is 2.49. The molecule has 102 valence electrons. The van der Waals surface area contributed by atoms with Gasteiger partial charge in [-0.1, -0.05) is 21.9 Å². The second-order valence-electron chi connectivity index (χ2n) is 3.84. The van der Waals surface area contributed by atoms with E-state index in [1.807, 2.05) is 0 Å². The smallest absolute Gasteiger partial charge is 0.378 e. The molecule has 0 spiro atoms. The minimum absolute atomic E-state index is 0.0102. The molecule has 0 aliphatic rings. The first-order valence-electron chi connectivity index (χ1n) is 5.26. The number of nitrogens with one attached hydrogen (secondary N) is 1. The van der Waals surface area contributed by atoms with Crippen molar-refractivity contribution in [3.63, 3.8) is 0 Å². The van der Waals surface area contributed by atoms with E-state index in [1.165, 1.54) is 6.07 Å². The molecule has 2 aromatic rings. The molecule has 0 aliphatic carbocycles. The standard InChI is InChI=1S/C11H9ClF3N3O/c1-6-10(18-19-17-6)5-16-9-3-2-7(4-8(9)12)11(13,14)15/h2-4,16H,5H2,1H3. The average Bonchev–Trinajstić information content (AvgIpc) is 2.72. The van der Waals surface area contributed by atoms with Crippen molar-refractivity contribution in [2.24, 2.45) is 0 Å². The average molecular weight is 292 g/mol. The Balaban J connectivity index is 2.12. The summed E-state index contributed by atoms with van der Waals surface area (Å²) in [7, 11) is 0. The van der Waals surface area contributed by atoms with Crippen molar-refractivity contribution < 1.29 is 17.8 Å². The Hall–Kier alpha value is -1.76. The SMILES string of the molecule is Cc1nonc1CNc1ccc(C(F)(F)F)cc1Cl. The van der Waals surface area contributed by atoms with Crippen LogP contribution in [-0.2, 0) is 12.7 Å². The molecular weight excluding hydrogens is 283 g/mol. The number of hydrogen-bond donors (Lipinski definition) is 1. The molecule has 0 aliphatic heterocycles. The molecule has 1 aromatic heterocycles. The molecular formula is C11H9ClF3N3O. The minimum atomic E-state index is -4.41. The van der Waals surface area contributed by atoms with E-state index in [0.29, 0.717) is 17.1 Å². The maximum atomic E-state index is 12.5. The zero-order chi connectivity index (χ0) is 14.0. The maximum Gasteiger partial charge on any atom is 0.416 e. The summed E-state index contributed by atoms with van der Waals surface area (Å²) in [6.07, 6.45) is -4.41. The van der Waals surface area contributed by atoms with Crippen LogP contribution < -0.4 is 5.32 Å². The second-order valence-corrected chi connectivity index (χ2v) is 4.25. The summed E-state index contributed by atoms with van der Waals surface area (Å²) in [5.41, 5.74) is 0.769. The Morgan fingerprint density at radius 2 is 2.05 bits per heavy atom. The lowest BCUT2D eigenvalue weighted by Crippen LogP contribution is -2.06. The molecule has 2 rings (SSSR count). The lowest BCUT2D eigenvalue weighted by Gasteiger charge is -2.11. The number of anilines is 1. The van der Waals surface area contributed by atoms with Gasteiger partial charge in [-0.25, -0.2) is 4.63 Å². The van der Waals surface area contributed by atoms with Crippen LogP contribution in [0.15, 0.2) is 22.8 Å². The Morgan fingerprint density at radius 1 is 1.32 bits per heavy atom. The summed E-state index contributed by atoms with van der Waals surface area (Å²) in [6, 6.07) is 3.11. The van der Waals surface area contributed by atoms with Gasteiger partial charge in [0.25, 0.3) is 0 Å². The quantitative estimate of drug-likeness (QED) is 0.937. The number of rotatable bonds is 3. The van der Waals surface area contributed by atoms with Gasteiger partial charge in [0, 0.05) is 0 Å². The highest BCUT2D eigenvalue weighted by atomic mass is 35.5. The van der Waals surface area contributed by atoms with Crippen LogP contribution in [0.3, 0.4) is 0 Å². The molecule has 0 radical (unpaired) electrons. The highest BCUT2D eigenvalue weighted by Crippen LogP contribution is 2.33. The van der Waals surface area contributed by atoms with Gasteiger partial charge < -0.3 is 5.32 Å². The van der Waals surface area contributed by atoms with Crippen molar-refractivity contribution in [3.8, 4) is 0 Å². The van der Waals surface area contributed by atoms with Gasteiger partial charge in [-0.15, -0.1) is 0 Å². The highest BCUT2D eigenvalue weighted by Gasteiger charge is 2.30. The van der Waals surface area contributed by atoms with Crippen LogP contribution >= 0.6 is 11.6 Å². The van der Waals surface area contributed by atoms with E-state index in [9.17, 15) is 13.2 Å². The summed E-state index contributed by atoms with van der Waals surface area (Å²) in [6.45, 7) is 1.97. The number of alkyl halides is 3. The highest BCUT2D eigenvalue weighted by molar-refractivity contribution is 6.33. The lowest BCUT2D eigenvalue weighted by atomic mass is 10.2. The molecule has 0 saturated carbocycles. The fourth-order valence-electron chi connectivity index (χ4n) is 1.42. The van der Waals surface area contributed by atoms with E-state index in [0.717, 1.165) is 12.1 Å². The molecule has 19 heavy (non-hydrogen) atoms. The maximum absolute atomic E-state index is 12.5. The van der Waals surface area contributed by atoms with E-state index in [2.05, 4.69) is 20.3 Å². The van der Waals surface area contributed by atoms with Crippen LogP contribution in [0, 0.1) is 6.92 Å². The van der Waals surface area contributed by atoms with Crippen LogP contribution in [0.25, 0.3) is 0 Å². The van der Waals surface area contributed by atoms with Crippen molar-refractivity contribution in [1.29, 1.82) is 0 Å². The summed E-state index contributed by atoms with van der Waals surface area (Å²) >= 11 is 5.79. The van der Waals surface area contributed by atoms with Gasteiger partial charge in [-0.2, -0.15) is 13.2 Å². The van der Waals surface area contributed by atoms with Crippen LogP contribution in [-0.4, -0.2) is 10.3 Å². The molecule has 0 atom stereocenters. The van der Waals surface area contributed by atoms with Crippen molar-refractivity contribution in [3.05, 3.63) is 40.2 Å². The second kappa shape index (κ2) is 5.08. The van der Waals surface area contributed by atoms with Crippen LogP contribution in [0.4, 0.5) is 18.9 Å². The zero-order valence-electron chi connectivity index (χ0n) is 9.75. The molecule has 1 heterocycles. The molecule has 0 unspecified atom stereocenters. The Bertz CT molecular complexity index is 583. The van der Waals surface area contributed by atoms with Gasteiger partial charge in [0.05, 0.1) is 22.8 Å². The van der Waals surface area contributed by atoms with Crippen molar-refractivity contribution >= 4 is 17.3 Å². The van der Waals surface area contributed by atoms with Crippen molar-refractivity contribution in [2.75, 3.05) is 5.32 Å². The number of aryl methyl sites for hydroxylation is 1. The lowest BCUT2D eigenvalue weighted by molar-refractivity contribution is -0.137. The van der Waals surface area contributed by atoms with Gasteiger partial charge in [0.2, 0.25) is 0 Å². The molecule has 4 nitrogen and oxygen atoms in total. The Morgan fingerprint density at radius 3 is 2.58 bits per heavy atom. The van der Waals surface area contributed by atoms with E-state index < -0.39 is 11.7 Å². The number of nitrogens with zero attached hydrogens (tertiary/aromatic N) is 2. The van der Waals surface area contributed by atoms with E-state index in [4.69, 9.17) is 11.6 Å². The number of halogens is 4. The first kappa shape index (κ1) is 13.7. The van der Waals surface area contributed by atoms with Gasteiger partial charge in [0.1, 0.15) is 11.4 Å². The Kier molecular flexibility index (Phi) is 3.66. The van der Waals surface area contributed by atoms with Crippen LogP contribution in [0.1, 0.15) is 17.0 Å².